The highest BCUT2D eigenvalue weighted by molar-refractivity contribution is 6.29. The molecule has 1 aromatic heterocycles. The van der Waals surface area contributed by atoms with E-state index in [9.17, 15) is 0 Å². The molecule has 0 N–H and O–H groups in total. The van der Waals surface area contributed by atoms with E-state index in [1.807, 2.05) is 0 Å². The number of furan rings is 1. The maximum Gasteiger partial charge on any atom is 0.144 e. The summed E-state index contributed by atoms with van der Waals surface area (Å²) in [5.41, 5.74) is 13.6. The Bertz CT molecular complexity index is 3200. The van der Waals surface area contributed by atoms with Gasteiger partial charge >= 0.3 is 0 Å². The molecule has 0 atom stereocenters. The Morgan fingerprint density at radius 1 is 0.352 bits per heavy atom. The molecule has 250 valence electrons. The molecule has 1 heteroatoms. The molecular weight excluding hydrogens is 653 g/mol. The number of para-hydroxylation sites is 1. The summed E-state index contributed by atoms with van der Waals surface area (Å²) >= 11 is 0. The minimum absolute atomic E-state index is 0.551. The van der Waals surface area contributed by atoms with Gasteiger partial charge in [0.15, 0.2) is 0 Å². The molecule has 0 saturated heterocycles. The highest BCUT2D eigenvalue weighted by Crippen LogP contribution is 2.60. The molecule has 1 nitrogen and oxygen atoms in total. The molecule has 0 radical (unpaired) electrons. The average Bonchev–Trinajstić information content (AvgIpc) is 3.78. The van der Waals surface area contributed by atoms with Gasteiger partial charge in [0.05, 0.1) is 5.41 Å². The van der Waals surface area contributed by atoms with Crippen molar-refractivity contribution in [3.05, 3.63) is 216 Å². The van der Waals surface area contributed by atoms with Crippen molar-refractivity contribution in [1.82, 2.24) is 0 Å². The first-order chi connectivity index (χ1) is 26.8. The van der Waals surface area contributed by atoms with Crippen molar-refractivity contribution >= 4 is 54.3 Å². The van der Waals surface area contributed by atoms with Gasteiger partial charge in [-0.2, -0.15) is 0 Å². The van der Waals surface area contributed by atoms with Gasteiger partial charge in [-0.1, -0.05) is 182 Å². The van der Waals surface area contributed by atoms with Gasteiger partial charge in [-0.05, 0) is 94.5 Å². The summed E-state index contributed by atoms with van der Waals surface area (Å²) in [6, 6.07) is 71.4. The van der Waals surface area contributed by atoms with E-state index < -0.39 is 5.41 Å². The summed E-state index contributed by atoms with van der Waals surface area (Å²) in [4.78, 5) is 0. The minimum atomic E-state index is -0.551. The lowest BCUT2D eigenvalue weighted by molar-refractivity contribution is 0.669. The third kappa shape index (κ3) is 3.83. The quantitative estimate of drug-likeness (QED) is 0.168. The van der Waals surface area contributed by atoms with Crippen molar-refractivity contribution in [3.8, 4) is 33.4 Å². The Balaban J connectivity index is 1.25. The zero-order chi connectivity index (χ0) is 35.4. The minimum Gasteiger partial charge on any atom is -0.455 e. The third-order valence-electron chi connectivity index (χ3n) is 12.1. The van der Waals surface area contributed by atoms with E-state index in [-0.39, 0.29) is 0 Å². The molecule has 12 rings (SSSR count). The highest BCUT2D eigenvalue weighted by atomic mass is 16.3. The highest BCUT2D eigenvalue weighted by Gasteiger charge is 2.48. The van der Waals surface area contributed by atoms with E-state index >= 15 is 0 Å². The van der Waals surface area contributed by atoms with Crippen molar-refractivity contribution in [2.45, 2.75) is 5.41 Å². The topological polar surface area (TPSA) is 13.1 Å². The molecule has 0 bridgehead atoms. The standard InChI is InChI=1S/C53H32O/c1-4-14-33(15-5-1)38-28-24-34-27-31-41-39(29-25-35-26-30-40(38)48(34)49(35)41)44-32-46-51(52-50(44)43-21-11-13-23-47(43)54-52)42-20-10-12-22-45(42)53(46,36-16-6-2-7-17-36)37-18-8-3-9-19-37/h1-32H. The Hall–Kier alpha value is -6.96. The van der Waals surface area contributed by atoms with E-state index in [0.29, 0.717) is 0 Å². The number of benzene rings is 10. The smallest absolute Gasteiger partial charge is 0.144 e. The summed E-state index contributed by atoms with van der Waals surface area (Å²) in [6.45, 7) is 0. The number of hydrogen-bond donors (Lipinski definition) is 0. The molecule has 0 amide bonds. The molecule has 0 saturated carbocycles. The zero-order valence-electron chi connectivity index (χ0n) is 29.4. The Morgan fingerprint density at radius 2 is 0.907 bits per heavy atom. The van der Waals surface area contributed by atoms with Crippen molar-refractivity contribution in [2.75, 3.05) is 0 Å². The molecule has 54 heavy (non-hydrogen) atoms. The molecule has 1 aliphatic rings. The molecule has 0 fully saturated rings. The molecule has 0 spiro atoms. The molecule has 0 unspecified atom stereocenters. The van der Waals surface area contributed by atoms with Crippen molar-refractivity contribution < 1.29 is 4.42 Å². The summed E-state index contributed by atoms with van der Waals surface area (Å²) < 4.78 is 7.07. The van der Waals surface area contributed by atoms with Gasteiger partial charge in [-0.25, -0.2) is 0 Å². The van der Waals surface area contributed by atoms with Crippen LogP contribution < -0.4 is 0 Å². The lowest BCUT2D eigenvalue weighted by Crippen LogP contribution is -2.28. The largest absolute Gasteiger partial charge is 0.455 e. The van der Waals surface area contributed by atoms with Gasteiger partial charge in [0.2, 0.25) is 0 Å². The first-order valence-electron chi connectivity index (χ1n) is 18.8. The molecule has 11 aromatic rings. The lowest BCUT2D eigenvalue weighted by atomic mass is 9.67. The fourth-order valence-electron chi connectivity index (χ4n) is 9.92. The number of rotatable bonds is 4. The first kappa shape index (κ1) is 29.6. The first-order valence-corrected chi connectivity index (χ1v) is 18.8. The molecular formula is C53H32O. The normalized spacial score (nSPS) is 13.3. The predicted molar refractivity (Wildman–Crippen MR) is 226 cm³/mol. The van der Waals surface area contributed by atoms with E-state index in [1.165, 1.54) is 88.0 Å². The van der Waals surface area contributed by atoms with E-state index in [0.717, 1.165) is 21.9 Å². The summed E-state index contributed by atoms with van der Waals surface area (Å²) in [5.74, 6) is 0. The van der Waals surface area contributed by atoms with E-state index in [1.54, 1.807) is 0 Å². The van der Waals surface area contributed by atoms with Crippen LogP contribution in [0, 0.1) is 0 Å². The number of hydrogen-bond acceptors (Lipinski definition) is 1. The second-order valence-electron chi connectivity index (χ2n) is 14.7. The Kier molecular flexibility index (Phi) is 6.04. The Labute approximate surface area is 312 Å². The van der Waals surface area contributed by atoms with E-state index in [4.69, 9.17) is 4.42 Å². The maximum atomic E-state index is 7.07. The zero-order valence-corrected chi connectivity index (χ0v) is 29.4. The molecule has 1 aliphatic carbocycles. The SMILES string of the molecule is c1ccc(-c2ccc3ccc4c(-c5cc6c(c7oc8ccccc8c57)-c5ccccc5C6(c5ccccc5)c5ccccc5)ccc5ccc2c3c54)cc1. The summed E-state index contributed by atoms with van der Waals surface area (Å²) in [5, 5.41) is 9.97. The van der Waals surface area contributed by atoms with Crippen LogP contribution in [0.15, 0.2) is 199 Å². The van der Waals surface area contributed by atoms with Gasteiger partial charge in [0.25, 0.3) is 0 Å². The summed E-state index contributed by atoms with van der Waals surface area (Å²) in [6.07, 6.45) is 0. The molecule has 10 aromatic carbocycles. The van der Waals surface area contributed by atoms with E-state index in [2.05, 4.69) is 194 Å². The molecule has 1 heterocycles. The van der Waals surface area contributed by atoms with Crippen molar-refractivity contribution in [1.29, 1.82) is 0 Å². The van der Waals surface area contributed by atoms with Crippen LogP contribution in [0.4, 0.5) is 0 Å². The molecule has 0 aliphatic heterocycles. The monoisotopic (exact) mass is 684 g/mol. The predicted octanol–water partition coefficient (Wildman–Crippen LogP) is 14.2. The third-order valence-corrected chi connectivity index (χ3v) is 12.1. The van der Waals surface area contributed by atoms with Gasteiger partial charge in [-0.15, -0.1) is 0 Å². The van der Waals surface area contributed by atoms with Crippen LogP contribution in [0.2, 0.25) is 0 Å². The fraction of sp³-hybridized carbons (Fsp3) is 0.0189. The van der Waals surface area contributed by atoms with Crippen LogP contribution in [-0.4, -0.2) is 0 Å². The van der Waals surface area contributed by atoms with Crippen molar-refractivity contribution in [3.63, 3.8) is 0 Å². The summed E-state index contributed by atoms with van der Waals surface area (Å²) in [7, 11) is 0. The average molecular weight is 685 g/mol. The maximum absolute atomic E-state index is 7.07. The van der Waals surface area contributed by atoms with Crippen LogP contribution in [0.25, 0.3) is 87.6 Å². The van der Waals surface area contributed by atoms with Crippen LogP contribution in [-0.2, 0) is 5.41 Å². The van der Waals surface area contributed by atoms with Crippen LogP contribution in [0.5, 0.6) is 0 Å². The van der Waals surface area contributed by atoms with Crippen LogP contribution in [0.3, 0.4) is 0 Å². The fourth-order valence-corrected chi connectivity index (χ4v) is 9.92. The number of fused-ring (bicyclic) bond motifs is 7. The van der Waals surface area contributed by atoms with Gasteiger partial charge < -0.3 is 4.42 Å². The lowest BCUT2D eigenvalue weighted by Gasteiger charge is -2.34. The second-order valence-corrected chi connectivity index (χ2v) is 14.7. The van der Waals surface area contributed by atoms with Gasteiger partial charge in [0.1, 0.15) is 11.2 Å². The second kappa shape index (κ2) is 11.0. The Morgan fingerprint density at radius 3 is 1.61 bits per heavy atom. The van der Waals surface area contributed by atoms with Gasteiger partial charge in [-0.3, -0.25) is 0 Å². The van der Waals surface area contributed by atoms with Gasteiger partial charge in [0, 0.05) is 16.3 Å². The van der Waals surface area contributed by atoms with Crippen LogP contribution >= 0.6 is 0 Å². The van der Waals surface area contributed by atoms with Crippen molar-refractivity contribution in [2.24, 2.45) is 0 Å². The van der Waals surface area contributed by atoms with Crippen LogP contribution in [0.1, 0.15) is 22.3 Å².